The van der Waals surface area contributed by atoms with E-state index < -0.39 is 5.60 Å². The van der Waals surface area contributed by atoms with Crippen molar-refractivity contribution in [1.82, 2.24) is 9.88 Å². The summed E-state index contributed by atoms with van der Waals surface area (Å²) in [7, 11) is 0. The topological polar surface area (TPSA) is 53.4 Å². The molecule has 4 heteroatoms. The lowest BCUT2D eigenvalue weighted by Gasteiger charge is -2.44. The molecule has 2 rings (SSSR count). The van der Waals surface area contributed by atoms with Gasteiger partial charge in [-0.3, -0.25) is 9.78 Å². The largest absolute Gasteiger partial charge is 0.386 e. The quantitative estimate of drug-likeness (QED) is 0.732. The van der Waals surface area contributed by atoms with Crippen molar-refractivity contribution >= 4 is 5.91 Å². The molecule has 1 aliphatic rings. The number of hydrogen-bond donors (Lipinski definition) is 1. The van der Waals surface area contributed by atoms with Gasteiger partial charge in [-0.15, -0.1) is 0 Å². The van der Waals surface area contributed by atoms with Crippen molar-refractivity contribution < 1.29 is 9.90 Å². The van der Waals surface area contributed by atoms with Crippen LogP contribution < -0.4 is 0 Å². The minimum Gasteiger partial charge on any atom is -0.386 e. The van der Waals surface area contributed by atoms with Crippen LogP contribution in [0.15, 0.2) is 18.3 Å². The third-order valence-corrected chi connectivity index (χ3v) is 2.59. The van der Waals surface area contributed by atoms with E-state index in [9.17, 15) is 9.90 Å². The zero-order valence-electron chi connectivity index (χ0n) is 8.90. The maximum atomic E-state index is 11.9. The fourth-order valence-corrected chi connectivity index (χ4v) is 1.80. The van der Waals surface area contributed by atoms with Crippen molar-refractivity contribution in [2.24, 2.45) is 0 Å². The Bertz CT molecular complexity index is 393. The Morgan fingerprint density at radius 2 is 2.27 bits per heavy atom. The van der Waals surface area contributed by atoms with Crippen LogP contribution in [-0.2, 0) is 0 Å². The summed E-state index contributed by atoms with van der Waals surface area (Å²) in [5.74, 6) is -0.0490. The highest BCUT2D eigenvalue weighted by Gasteiger charge is 2.39. The number of β-amino-alcohol motifs (C(OH)–C–C–N with tert-alkyl or cyclic N) is 1. The molecule has 1 aromatic rings. The monoisotopic (exact) mass is 206 g/mol. The molecule has 80 valence electrons. The van der Waals surface area contributed by atoms with Crippen LogP contribution in [0.25, 0.3) is 0 Å². The zero-order chi connectivity index (χ0) is 11.1. The van der Waals surface area contributed by atoms with Gasteiger partial charge in [0.2, 0.25) is 0 Å². The van der Waals surface area contributed by atoms with Gasteiger partial charge in [0.1, 0.15) is 0 Å². The van der Waals surface area contributed by atoms with Crippen LogP contribution in [0.3, 0.4) is 0 Å². The van der Waals surface area contributed by atoms with Crippen LogP contribution in [0.1, 0.15) is 23.0 Å². The normalized spacial score (nSPS) is 18.5. The number of nitrogens with zero attached hydrogens (tertiary/aromatic N) is 2. The molecule has 1 saturated heterocycles. The van der Waals surface area contributed by atoms with Gasteiger partial charge in [0.05, 0.1) is 24.3 Å². The summed E-state index contributed by atoms with van der Waals surface area (Å²) < 4.78 is 0. The lowest BCUT2D eigenvalue weighted by Crippen LogP contribution is -2.61. The molecule has 0 saturated carbocycles. The molecule has 0 bridgehead atoms. The summed E-state index contributed by atoms with van der Waals surface area (Å²) in [5.41, 5.74) is 0.633. The molecule has 1 amide bonds. The lowest BCUT2D eigenvalue weighted by molar-refractivity contribution is -0.0669. The summed E-state index contributed by atoms with van der Waals surface area (Å²) in [6.07, 6.45) is 1.67. The maximum Gasteiger partial charge on any atom is 0.255 e. The number of hydrogen-bond acceptors (Lipinski definition) is 3. The second-order valence-corrected chi connectivity index (χ2v) is 4.29. The fraction of sp³-hybridized carbons (Fsp3) is 0.455. The first-order valence-electron chi connectivity index (χ1n) is 4.93. The van der Waals surface area contributed by atoms with Gasteiger partial charge in [-0.2, -0.15) is 0 Å². The molecule has 0 spiro atoms. The Balaban J connectivity index is 2.14. The molecule has 0 atom stereocenters. The van der Waals surface area contributed by atoms with Gasteiger partial charge < -0.3 is 10.0 Å². The number of likely N-dealkylation sites (tertiary alicyclic amines) is 1. The van der Waals surface area contributed by atoms with Gasteiger partial charge in [0, 0.05) is 11.9 Å². The van der Waals surface area contributed by atoms with Crippen LogP contribution in [0.5, 0.6) is 0 Å². The number of aliphatic hydroxyl groups is 1. The standard InChI is InChI=1S/C11H14N2O2/c1-8-9(4-3-5-12-8)10(14)13-6-11(2,15)7-13/h3-5,15H,6-7H2,1-2H3. The molecular formula is C11H14N2O2. The molecular weight excluding hydrogens is 192 g/mol. The van der Waals surface area contributed by atoms with Crippen LogP contribution in [0, 0.1) is 6.92 Å². The number of aryl methyl sites for hydroxylation is 1. The Labute approximate surface area is 88.6 Å². The molecule has 0 aliphatic carbocycles. The zero-order valence-corrected chi connectivity index (χ0v) is 8.90. The van der Waals surface area contributed by atoms with Crippen molar-refractivity contribution in [1.29, 1.82) is 0 Å². The number of amides is 1. The molecule has 0 aromatic carbocycles. The van der Waals surface area contributed by atoms with Gasteiger partial charge in [-0.1, -0.05) is 0 Å². The number of pyridine rings is 1. The van der Waals surface area contributed by atoms with E-state index >= 15 is 0 Å². The van der Waals surface area contributed by atoms with E-state index in [4.69, 9.17) is 0 Å². The van der Waals surface area contributed by atoms with Crippen LogP contribution in [0.4, 0.5) is 0 Å². The first-order valence-corrected chi connectivity index (χ1v) is 4.93. The smallest absolute Gasteiger partial charge is 0.255 e. The first-order chi connectivity index (χ1) is 6.99. The number of carbonyl (C=O) groups excluding carboxylic acids is 1. The third kappa shape index (κ3) is 1.85. The van der Waals surface area contributed by atoms with Gasteiger partial charge in [0.15, 0.2) is 0 Å². The van der Waals surface area contributed by atoms with Gasteiger partial charge >= 0.3 is 0 Å². The van der Waals surface area contributed by atoms with E-state index in [0.29, 0.717) is 18.7 Å². The Morgan fingerprint density at radius 1 is 1.60 bits per heavy atom. The Morgan fingerprint density at radius 3 is 2.80 bits per heavy atom. The number of aromatic nitrogens is 1. The highest BCUT2D eigenvalue weighted by molar-refractivity contribution is 5.95. The van der Waals surface area contributed by atoms with E-state index in [2.05, 4.69) is 4.98 Å². The molecule has 1 fully saturated rings. The summed E-state index contributed by atoms with van der Waals surface area (Å²) in [6, 6.07) is 3.51. The van der Waals surface area contributed by atoms with E-state index in [0.717, 1.165) is 5.69 Å². The minimum atomic E-state index is -0.716. The molecule has 4 nitrogen and oxygen atoms in total. The van der Waals surface area contributed by atoms with Crippen LogP contribution >= 0.6 is 0 Å². The second kappa shape index (κ2) is 3.31. The van der Waals surface area contributed by atoms with Crippen molar-refractivity contribution in [3.05, 3.63) is 29.6 Å². The number of carbonyl (C=O) groups is 1. The van der Waals surface area contributed by atoms with E-state index in [1.54, 1.807) is 30.2 Å². The summed E-state index contributed by atoms with van der Waals surface area (Å²) in [6.45, 7) is 4.35. The predicted octanol–water partition coefficient (Wildman–Crippen LogP) is 0.597. The van der Waals surface area contributed by atoms with E-state index in [-0.39, 0.29) is 5.91 Å². The fourth-order valence-electron chi connectivity index (χ4n) is 1.80. The molecule has 0 radical (unpaired) electrons. The average Bonchev–Trinajstić information content (AvgIpc) is 2.14. The maximum absolute atomic E-state index is 11.9. The van der Waals surface area contributed by atoms with Crippen molar-refractivity contribution in [3.63, 3.8) is 0 Å². The van der Waals surface area contributed by atoms with Crippen molar-refractivity contribution in [3.8, 4) is 0 Å². The molecule has 1 aromatic heterocycles. The van der Waals surface area contributed by atoms with Gasteiger partial charge in [0.25, 0.3) is 5.91 Å². The van der Waals surface area contributed by atoms with Crippen LogP contribution in [-0.4, -0.2) is 39.6 Å². The molecule has 2 heterocycles. The minimum absolute atomic E-state index is 0.0490. The Kier molecular flexibility index (Phi) is 2.23. The average molecular weight is 206 g/mol. The predicted molar refractivity (Wildman–Crippen MR) is 55.5 cm³/mol. The molecule has 1 aliphatic heterocycles. The van der Waals surface area contributed by atoms with E-state index in [1.165, 1.54) is 0 Å². The summed E-state index contributed by atoms with van der Waals surface area (Å²) in [5, 5.41) is 9.54. The van der Waals surface area contributed by atoms with Crippen molar-refractivity contribution in [2.45, 2.75) is 19.4 Å². The summed E-state index contributed by atoms with van der Waals surface area (Å²) >= 11 is 0. The molecule has 1 N–H and O–H groups in total. The first kappa shape index (κ1) is 10.1. The second-order valence-electron chi connectivity index (χ2n) is 4.29. The summed E-state index contributed by atoms with van der Waals surface area (Å²) in [4.78, 5) is 17.6. The third-order valence-electron chi connectivity index (χ3n) is 2.59. The number of rotatable bonds is 1. The van der Waals surface area contributed by atoms with Crippen molar-refractivity contribution in [2.75, 3.05) is 13.1 Å². The molecule has 15 heavy (non-hydrogen) atoms. The highest BCUT2D eigenvalue weighted by Crippen LogP contribution is 2.22. The van der Waals surface area contributed by atoms with Gasteiger partial charge in [-0.25, -0.2) is 0 Å². The highest BCUT2D eigenvalue weighted by atomic mass is 16.3. The lowest BCUT2D eigenvalue weighted by atomic mass is 9.96. The van der Waals surface area contributed by atoms with Crippen LogP contribution in [0.2, 0.25) is 0 Å². The molecule has 0 unspecified atom stereocenters. The SMILES string of the molecule is Cc1ncccc1C(=O)N1CC(C)(O)C1. The van der Waals surface area contributed by atoms with Gasteiger partial charge in [-0.05, 0) is 26.0 Å². The Hall–Kier alpha value is -1.42. The van der Waals surface area contributed by atoms with E-state index in [1.807, 2.05) is 6.92 Å².